The van der Waals surface area contributed by atoms with Gasteiger partial charge in [0.2, 0.25) is 0 Å². The second-order valence-electron chi connectivity index (χ2n) is 6.82. The summed E-state index contributed by atoms with van der Waals surface area (Å²) in [7, 11) is 0. The van der Waals surface area contributed by atoms with Gasteiger partial charge >= 0.3 is 0 Å². The molecule has 0 aromatic carbocycles. The van der Waals surface area contributed by atoms with Gasteiger partial charge in [-0.15, -0.1) is 0 Å². The first-order valence-electron chi connectivity index (χ1n) is 7.70. The zero-order chi connectivity index (χ0) is 12.1. The average molecular weight is 242 g/mol. The Morgan fingerprint density at radius 3 is 3.06 bits per heavy atom. The molecule has 0 aromatic heterocycles. The smallest absolute Gasteiger partial charge is 0.133 e. The quantitative estimate of drug-likeness (QED) is 0.589. The summed E-state index contributed by atoms with van der Waals surface area (Å²) >= 11 is 0. The zero-order valence-electron chi connectivity index (χ0n) is 11.0. The zero-order valence-corrected chi connectivity index (χ0v) is 11.0. The number of rotatable bonds is 0. The van der Waals surface area contributed by atoms with E-state index in [9.17, 15) is 4.79 Å². The molecular formula is C17H22O. The number of carbonyl (C=O) groups is 1. The van der Waals surface area contributed by atoms with Crippen molar-refractivity contribution in [3.63, 3.8) is 0 Å². The van der Waals surface area contributed by atoms with E-state index in [4.69, 9.17) is 0 Å². The summed E-state index contributed by atoms with van der Waals surface area (Å²) in [6.45, 7) is 0. The highest BCUT2D eigenvalue weighted by atomic mass is 16.1. The molecule has 2 fully saturated rings. The van der Waals surface area contributed by atoms with Gasteiger partial charge in [-0.2, -0.15) is 0 Å². The minimum Gasteiger partial charge on any atom is -0.300 e. The van der Waals surface area contributed by atoms with E-state index in [1.165, 1.54) is 25.7 Å². The van der Waals surface area contributed by atoms with Gasteiger partial charge in [0.1, 0.15) is 5.78 Å². The molecule has 0 radical (unpaired) electrons. The number of fused-ring (bicyclic) bond motifs is 4. The minimum absolute atomic E-state index is 0.506. The Balaban J connectivity index is 1.62. The molecule has 0 aromatic rings. The molecule has 0 aliphatic heterocycles. The molecule has 1 heteroatoms. The molecule has 0 spiro atoms. The van der Waals surface area contributed by atoms with Crippen LogP contribution < -0.4 is 0 Å². The van der Waals surface area contributed by atoms with Gasteiger partial charge < -0.3 is 0 Å². The molecular weight excluding hydrogens is 220 g/mol. The van der Waals surface area contributed by atoms with Crippen molar-refractivity contribution in [3.05, 3.63) is 23.8 Å². The molecule has 0 heterocycles. The maximum Gasteiger partial charge on any atom is 0.133 e. The van der Waals surface area contributed by atoms with Crippen LogP contribution >= 0.6 is 0 Å². The third-order valence-corrected chi connectivity index (χ3v) is 5.94. The fourth-order valence-electron chi connectivity index (χ4n) is 5.03. The van der Waals surface area contributed by atoms with Crippen LogP contribution in [0.15, 0.2) is 23.8 Å². The Bertz CT molecular complexity index is 431. The first-order chi connectivity index (χ1) is 8.81. The number of Topliss-reactive ketones (excluding diaryl/α,β-unsaturated/α-hetero) is 1. The summed E-state index contributed by atoms with van der Waals surface area (Å²) in [6, 6.07) is 0. The van der Waals surface area contributed by atoms with Crippen LogP contribution in [0.3, 0.4) is 0 Å². The fraction of sp³-hybridized carbons (Fsp3) is 0.706. The number of hydrogen-bond acceptors (Lipinski definition) is 1. The van der Waals surface area contributed by atoms with Crippen molar-refractivity contribution >= 4 is 5.78 Å². The molecule has 2 saturated carbocycles. The number of ketones is 1. The van der Waals surface area contributed by atoms with E-state index in [1.807, 2.05) is 0 Å². The summed E-state index contributed by atoms with van der Waals surface area (Å²) in [5, 5.41) is 0. The van der Waals surface area contributed by atoms with Gasteiger partial charge in [0.05, 0.1) is 0 Å². The molecule has 96 valence electrons. The van der Waals surface area contributed by atoms with Crippen LogP contribution in [0.25, 0.3) is 0 Å². The molecule has 0 saturated heterocycles. The van der Waals surface area contributed by atoms with E-state index in [0.29, 0.717) is 11.7 Å². The van der Waals surface area contributed by atoms with Gasteiger partial charge in [-0.05, 0) is 61.7 Å². The lowest BCUT2D eigenvalue weighted by Gasteiger charge is -2.45. The largest absolute Gasteiger partial charge is 0.300 e. The molecule has 1 nitrogen and oxygen atoms in total. The van der Waals surface area contributed by atoms with E-state index >= 15 is 0 Å². The monoisotopic (exact) mass is 242 g/mol. The van der Waals surface area contributed by atoms with Crippen molar-refractivity contribution in [2.75, 3.05) is 0 Å². The standard InChI is InChI=1S/C17H22O/c18-15-7-6-12-10-17-13(8-14(12)9-15)5-4-11-2-1-3-16(11)17/h1-2,10-11,13-14,16-17H,3-9H2. The van der Waals surface area contributed by atoms with E-state index in [2.05, 4.69) is 18.2 Å². The summed E-state index contributed by atoms with van der Waals surface area (Å²) in [5.41, 5.74) is 1.64. The third kappa shape index (κ3) is 1.63. The third-order valence-electron chi connectivity index (χ3n) is 5.94. The Kier molecular flexibility index (Phi) is 2.50. The molecule has 18 heavy (non-hydrogen) atoms. The molecule has 0 N–H and O–H groups in total. The van der Waals surface area contributed by atoms with Crippen molar-refractivity contribution in [2.24, 2.45) is 29.6 Å². The maximum atomic E-state index is 11.6. The lowest BCUT2D eigenvalue weighted by Crippen LogP contribution is -2.37. The van der Waals surface area contributed by atoms with Crippen LogP contribution in [0.2, 0.25) is 0 Å². The van der Waals surface area contributed by atoms with Crippen LogP contribution in [0.5, 0.6) is 0 Å². The Morgan fingerprint density at radius 1 is 1.17 bits per heavy atom. The first-order valence-corrected chi connectivity index (χ1v) is 7.70. The lowest BCUT2D eigenvalue weighted by atomic mass is 9.60. The highest BCUT2D eigenvalue weighted by molar-refractivity contribution is 5.80. The second-order valence-corrected chi connectivity index (χ2v) is 6.82. The predicted octanol–water partition coefficient (Wildman–Crippen LogP) is 3.90. The van der Waals surface area contributed by atoms with Crippen LogP contribution in [0, 0.1) is 29.6 Å². The van der Waals surface area contributed by atoms with Crippen molar-refractivity contribution in [1.82, 2.24) is 0 Å². The minimum atomic E-state index is 0.506. The Morgan fingerprint density at radius 2 is 2.11 bits per heavy atom. The molecule has 0 bridgehead atoms. The van der Waals surface area contributed by atoms with E-state index in [1.54, 1.807) is 5.57 Å². The molecule has 5 unspecified atom stereocenters. The average Bonchev–Trinajstić information content (AvgIpc) is 2.85. The van der Waals surface area contributed by atoms with E-state index in [-0.39, 0.29) is 0 Å². The lowest BCUT2D eigenvalue weighted by molar-refractivity contribution is -0.120. The highest BCUT2D eigenvalue weighted by Crippen LogP contribution is 2.52. The Labute approximate surface area is 109 Å². The van der Waals surface area contributed by atoms with Crippen LogP contribution in [0.1, 0.15) is 44.9 Å². The van der Waals surface area contributed by atoms with E-state index < -0.39 is 0 Å². The summed E-state index contributed by atoms with van der Waals surface area (Å²) in [4.78, 5) is 11.6. The summed E-state index contributed by atoms with van der Waals surface area (Å²) < 4.78 is 0. The second kappa shape index (κ2) is 4.08. The maximum absolute atomic E-state index is 11.6. The molecule has 4 rings (SSSR count). The van der Waals surface area contributed by atoms with Crippen molar-refractivity contribution in [1.29, 1.82) is 0 Å². The predicted molar refractivity (Wildman–Crippen MR) is 72.0 cm³/mol. The van der Waals surface area contributed by atoms with Crippen molar-refractivity contribution in [3.8, 4) is 0 Å². The van der Waals surface area contributed by atoms with Gasteiger partial charge in [0.15, 0.2) is 0 Å². The Hall–Kier alpha value is -0.850. The van der Waals surface area contributed by atoms with Gasteiger partial charge in [0.25, 0.3) is 0 Å². The molecule has 4 aliphatic carbocycles. The summed E-state index contributed by atoms with van der Waals surface area (Å²) in [5.74, 6) is 4.61. The normalized spacial score (nSPS) is 46.1. The van der Waals surface area contributed by atoms with Crippen LogP contribution in [-0.2, 0) is 4.79 Å². The van der Waals surface area contributed by atoms with Crippen LogP contribution in [0.4, 0.5) is 0 Å². The number of hydrogen-bond donors (Lipinski definition) is 0. The fourth-order valence-corrected chi connectivity index (χ4v) is 5.03. The molecule has 0 amide bonds. The van der Waals surface area contributed by atoms with Gasteiger partial charge in [-0.3, -0.25) is 4.79 Å². The molecule has 4 aliphatic rings. The number of allylic oxidation sites excluding steroid dienone is 4. The SMILES string of the molecule is O=C1CCC2=CC3C(CCC4C=CCC43)CC2C1. The molecule has 5 atom stereocenters. The van der Waals surface area contributed by atoms with Crippen LogP contribution in [-0.4, -0.2) is 5.78 Å². The topological polar surface area (TPSA) is 17.1 Å². The highest BCUT2D eigenvalue weighted by Gasteiger charge is 2.43. The van der Waals surface area contributed by atoms with Crippen molar-refractivity contribution in [2.45, 2.75) is 44.9 Å². The van der Waals surface area contributed by atoms with Gasteiger partial charge in [-0.1, -0.05) is 23.8 Å². The van der Waals surface area contributed by atoms with Gasteiger partial charge in [0, 0.05) is 12.8 Å². The summed E-state index contributed by atoms with van der Waals surface area (Å²) in [6.07, 6.45) is 15.6. The van der Waals surface area contributed by atoms with E-state index in [0.717, 1.165) is 42.9 Å². The first kappa shape index (κ1) is 11.0. The van der Waals surface area contributed by atoms with Gasteiger partial charge in [-0.25, -0.2) is 0 Å². The number of carbonyl (C=O) groups excluding carboxylic acids is 1. The van der Waals surface area contributed by atoms with Crippen molar-refractivity contribution < 1.29 is 4.79 Å².